The number of pyridine rings is 1. The van der Waals surface area contributed by atoms with Crippen molar-refractivity contribution in [2.45, 2.75) is 52.4 Å². The van der Waals surface area contributed by atoms with Gasteiger partial charge in [-0.3, -0.25) is 4.79 Å². The molecule has 0 bridgehead atoms. The van der Waals surface area contributed by atoms with E-state index in [1.807, 2.05) is 4.90 Å². The van der Waals surface area contributed by atoms with Crippen LogP contribution in [-0.2, 0) is 0 Å². The van der Waals surface area contributed by atoms with Crippen LogP contribution in [-0.4, -0.2) is 42.0 Å². The summed E-state index contributed by atoms with van der Waals surface area (Å²) in [7, 11) is 0. The Balaban J connectivity index is 1.73. The first-order valence-electron chi connectivity index (χ1n) is 9.16. The van der Waals surface area contributed by atoms with Crippen LogP contribution in [0.15, 0.2) is 12.3 Å². The van der Waals surface area contributed by atoms with Crippen LogP contribution in [0, 0.1) is 5.41 Å². The number of aromatic nitrogens is 1. The summed E-state index contributed by atoms with van der Waals surface area (Å²) in [6, 6.07) is 1.80. The highest BCUT2D eigenvalue weighted by molar-refractivity contribution is 6.33. The van der Waals surface area contributed by atoms with Crippen molar-refractivity contribution in [1.29, 1.82) is 0 Å². The first-order chi connectivity index (χ1) is 11.5. The Bertz CT molecular complexity index is 596. The molecule has 2 aliphatic heterocycles. The molecule has 132 valence electrons. The molecule has 0 saturated carbocycles. The van der Waals surface area contributed by atoms with Gasteiger partial charge in [0, 0.05) is 32.4 Å². The molecule has 0 unspecified atom stereocenters. The number of hydrogen-bond donors (Lipinski definition) is 0. The molecule has 0 spiro atoms. The predicted octanol–water partition coefficient (Wildman–Crippen LogP) is 4.38. The molecule has 3 heterocycles. The summed E-state index contributed by atoms with van der Waals surface area (Å²) < 4.78 is 0. The van der Waals surface area contributed by atoms with Gasteiger partial charge in [-0.2, -0.15) is 0 Å². The number of likely N-dealkylation sites (tertiary alicyclic amines) is 1. The van der Waals surface area contributed by atoms with Gasteiger partial charge in [-0.15, -0.1) is 0 Å². The van der Waals surface area contributed by atoms with Crippen molar-refractivity contribution >= 4 is 23.3 Å². The van der Waals surface area contributed by atoms with Gasteiger partial charge in [0.1, 0.15) is 5.82 Å². The Hall–Kier alpha value is -1.29. The summed E-state index contributed by atoms with van der Waals surface area (Å²) in [4.78, 5) is 21.3. The number of halogens is 1. The molecule has 1 aromatic heterocycles. The fourth-order valence-electron chi connectivity index (χ4n) is 3.69. The van der Waals surface area contributed by atoms with Crippen molar-refractivity contribution in [3.63, 3.8) is 0 Å². The van der Waals surface area contributed by atoms with Gasteiger partial charge in [0.2, 0.25) is 0 Å². The normalized spacial score (nSPS) is 21.5. The molecule has 1 amide bonds. The fraction of sp³-hybridized carbons (Fsp3) is 0.684. The van der Waals surface area contributed by atoms with E-state index < -0.39 is 0 Å². The minimum Gasteiger partial charge on any atom is -0.355 e. The molecule has 2 saturated heterocycles. The lowest BCUT2D eigenvalue weighted by Gasteiger charge is -2.27. The first-order valence-corrected chi connectivity index (χ1v) is 9.54. The van der Waals surface area contributed by atoms with Crippen LogP contribution in [0.1, 0.15) is 62.7 Å². The summed E-state index contributed by atoms with van der Waals surface area (Å²) in [6.07, 6.45) is 8.62. The maximum Gasteiger partial charge on any atom is 0.255 e. The van der Waals surface area contributed by atoms with Gasteiger partial charge in [0.15, 0.2) is 0 Å². The van der Waals surface area contributed by atoms with Gasteiger partial charge >= 0.3 is 0 Å². The fourth-order valence-corrected chi connectivity index (χ4v) is 3.98. The quantitative estimate of drug-likeness (QED) is 0.795. The summed E-state index contributed by atoms with van der Waals surface area (Å²) >= 11 is 6.50. The van der Waals surface area contributed by atoms with Gasteiger partial charge in [0.05, 0.1) is 10.6 Å². The van der Waals surface area contributed by atoms with Crippen LogP contribution >= 0.6 is 11.6 Å². The zero-order valence-corrected chi connectivity index (χ0v) is 15.6. The number of carbonyl (C=O) groups excluding carboxylic acids is 1. The van der Waals surface area contributed by atoms with E-state index in [1.165, 1.54) is 12.8 Å². The van der Waals surface area contributed by atoms with Crippen LogP contribution in [0.25, 0.3) is 0 Å². The van der Waals surface area contributed by atoms with Crippen LogP contribution in [0.3, 0.4) is 0 Å². The number of piperidine rings is 1. The number of anilines is 1. The third kappa shape index (κ3) is 4.02. The molecule has 2 fully saturated rings. The van der Waals surface area contributed by atoms with Crippen LogP contribution in [0.5, 0.6) is 0 Å². The van der Waals surface area contributed by atoms with E-state index in [1.54, 1.807) is 12.3 Å². The Kier molecular flexibility index (Phi) is 5.33. The number of carbonyl (C=O) groups is 1. The summed E-state index contributed by atoms with van der Waals surface area (Å²) in [5.41, 5.74) is 0.992. The highest BCUT2D eigenvalue weighted by atomic mass is 35.5. The zero-order valence-electron chi connectivity index (χ0n) is 14.9. The number of amides is 1. The lowest BCUT2D eigenvalue weighted by Crippen LogP contribution is -2.35. The van der Waals surface area contributed by atoms with E-state index in [4.69, 9.17) is 11.6 Å². The number of nitrogens with zero attached hydrogens (tertiary/aromatic N) is 3. The Morgan fingerprint density at radius 1 is 1.08 bits per heavy atom. The summed E-state index contributed by atoms with van der Waals surface area (Å²) in [5.74, 6) is 0.886. The van der Waals surface area contributed by atoms with E-state index >= 15 is 0 Å². The second kappa shape index (κ2) is 7.30. The molecule has 2 aliphatic rings. The van der Waals surface area contributed by atoms with Crippen molar-refractivity contribution in [1.82, 2.24) is 9.88 Å². The topological polar surface area (TPSA) is 36.4 Å². The third-order valence-electron chi connectivity index (χ3n) is 5.35. The minimum atomic E-state index is 0.0626. The molecule has 24 heavy (non-hydrogen) atoms. The van der Waals surface area contributed by atoms with Gasteiger partial charge in [-0.05, 0) is 50.0 Å². The monoisotopic (exact) mass is 349 g/mol. The predicted molar refractivity (Wildman–Crippen MR) is 98.8 cm³/mol. The molecule has 1 aromatic rings. The third-order valence-corrected chi connectivity index (χ3v) is 5.63. The van der Waals surface area contributed by atoms with Gasteiger partial charge in [-0.1, -0.05) is 25.4 Å². The maximum absolute atomic E-state index is 12.6. The lowest BCUT2D eigenvalue weighted by molar-refractivity contribution is 0.0724. The molecular weight excluding hydrogens is 322 g/mol. The number of rotatable bonds is 2. The average Bonchev–Trinajstić information content (AvgIpc) is 2.75. The molecule has 0 aliphatic carbocycles. The highest BCUT2D eigenvalue weighted by Crippen LogP contribution is 2.33. The molecule has 0 atom stereocenters. The van der Waals surface area contributed by atoms with Crippen LogP contribution in [0.4, 0.5) is 5.82 Å². The smallest absolute Gasteiger partial charge is 0.255 e. The zero-order chi connectivity index (χ0) is 17.2. The number of hydrogen-bond acceptors (Lipinski definition) is 3. The second-order valence-electron chi connectivity index (χ2n) is 7.89. The molecule has 0 aromatic carbocycles. The molecule has 0 radical (unpaired) electrons. The highest BCUT2D eigenvalue weighted by Gasteiger charge is 2.25. The molecule has 0 N–H and O–H groups in total. The van der Waals surface area contributed by atoms with Gasteiger partial charge in [0.25, 0.3) is 5.91 Å². The van der Waals surface area contributed by atoms with E-state index in [2.05, 4.69) is 23.7 Å². The van der Waals surface area contributed by atoms with E-state index in [9.17, 15) is 4.79 Å². The van der Waals surface area contributed by atoms with E-state index in [-0.39, 0.29) is 5.91 Å². The summed E-state index contributed by atoms with van der Waals surface area (Å²) in [5, 5.41) is 0.595. The van der Waals surface area contributed by atoms with Crippen molar-refractivity contribution in [2.75, 3.05) is 31.1 Å². The SMILES string of the molecule is CC1(C)CCCN(c2ncc(C(=O)N3CCCCC3)cc2Cl)CC1. The second-order valence-corrected chi connectivity index (χ2v) is 8.29. The molecule has 3 rings (SSSR count). The molecular formula is C19H28ClN3O. The van der Waals surface area contributed by atoms with Crippen molar-refractivity contribution in [3.05, 3.63) is 22.8 Å². The van der Waals surface area contributed by atoms with Crippen molar-refractivity contribution in [3.8, 4) is 0 Å². The van der Waals surface area contributed by atoms with Crippen molar-refractivity contribution in [2.24, 2.45) is 5.41 Å². The Labute approximate surface area is 150 Å². The minimum absolute atomic E-state index is 0.0626. The van der Waals surface area contributed by atoms with Gasteiger partial charge in [-0.25, -0.2) is 4.98 Å². The Morgan fingerprint density at radius 3 is 2.54 bits per heavy atom. The largest absolute Gasteiger partial charge is 0.355 e. The lowest BCUT2D eigenvalue weighted by atomic mass is 9.85. The van der Waals surface area contributed by atoms with E-state index in [0.29, 0.717) is 16.0 Å². The average molecular weight is 350 g/mol. The molecule has 4 nitrogen and oxygen atoms in total. The first kappa shape index (κ1) is 17.5. The van der Waals surface area contributed by atoms with E-state index in [0.717, 1.165) is 57.7 Å². The van der Waals surface area contributed by atoms with Crippen LogP contribution in [0.2, 0.25) is 5.02 Å². The molecule has 5 heteroatoms. The van der Waals surface area contributed by atoms with Crippen LogP contribution < -0.4 is 4.90 Å². The standard InChI is InChI=1S/C19H28ClN3O/c1-19(2)7-6-11-22(12-8-19)17-16(20)13-15(14-21-17)18(24)23-9-4-3-5-10-23/h13-14H,3-12H2,1-2H3. The maximum atomic E-state index is 12.6. The van der Waals surface area contributed by atoms with Gasteiger partial charge < -0.3 is 9.80 Å². The van der Waals surface area contributed by atoms with Crippen molar-refractivity contribution < 1.29 is 4.79 Å². The Morgan fingerprint density at radius 2 is 1.83 bits per heavy atom. The summed E-state index contributed by atoms with van der Waals surface area (Å²) in [6.45, 7) is 8.30.